The zero-order valence-electron chi connectivity index (χ0n) is 12.3. The molecule has 0 radical (unpaired) electrons. The Balaban J connectivity index is 2.67. The van der Waals surface area contributed by atoms with Crippen molar-refractivity contribution < 1.29 is 18.7 Å². The predicted molar refractivity (Wildman–Crippen MR) is 75.2 cm³/mol. The third-order valence-corrected chi connectivity index (χ3v) is 3.05. The van der Waals surface area contributed by atoms with Crippen LogP contribution in [0.2, 0.25) is 0 Å². The van der Waals surface area contributed by atoms with Crippen molar-refractivity contribution in [2.75, 3.05) is 33.4 Å². The van der Waals surface area contributed by atoms with Crippen LogP contribution in [0.4, 0.5) is 4.39 Å². The highest BCUT2D eigenvalue weighted by molar-refractivity contribution is 5.89. The van der Waals surface area contributed by atoms with Gasteiger partial charge in [0, 0.05) is 19.7 Å². The fourth-order valence-electron chi connectivity index (χ4n) is 1.88. The number of halogens is 1. The van der Waals surface area contributed by atoms with Gasteiger partial charge in [0.1, 0.15) is 5.82 Å². The molecule has 0 aliphatic rings. The number of rotatable bonds is 8. The number of methoxy groups -OCH3 is 1. The molecular formula is C15H22FNO3. The molecule has 0 amide bonds. The Morgan fingerprint density at radius 2 is 2.10 bits per heavy atom. The molecule has 0 N–H and O–H groups in total. The summed E-state index contributed by atoms with van der Waals surface area (Å²) in [4.78, 5) is 13.5. The van der Waals surface area contributed by atoms with Crippen LogP contribution in [0.15, 0.2) is 18.2 Å². The highest BCUT2D eigenvalue weighted by Gasteiger charge is 2.13. The van der Waals surface area contributed by atoms with E-state index >= 15 is 0 Å². The van der Waals surface area contributed by atoms with Crippen LogP contribution in [0.3, 0.4) is 0 Å². The normalized spacial score (nSPS) is 10.8. The molecule has 0 aliphatic carbocycles. The molecule has 0 heterocycles. The van der Waals surface area contributed by atoms with Gasteiger partial charge in [0.05, 0.1) is 19.3 Å². The highest BCUT2D eigenvalue weighted by Crippen LogP contribution is 2.13. The van der Waals surface area contributed by atoms with E-state index in [2.05, 4.69) is 9.64 Å². The van der Waals surface area contributed by atoms with Crippen molar-refractivity contribution in [3.05, 3.63) is 35.1 Å². The van der Waals surface area contributed by atoms with Crippen LogP contribution in [-0.2, 0) is 16.0 Å². The molecule has 0 aromatic heterocycles. The smallest absolute Gasteiger partial charge is 0.340 e. The van der Waals surface area contributed by atoms with Crippen LogP contribution in [0.5, 0.6) is 0 Å². The van der Waals surface area contributed by atoms with Gasteiger partial charge in [-0.15, -0.1) is 0 Å². The van der Waals surface area contributed by atoms with Crippen molar-refractivity contribution in [1.29, 1.82) is 0 Å². The Kier molecular flexibility index (Phi) is 7.18. The van der Waals surface area contributed by atoms with Crippen LogP contribution in [0.1, 0.15) is 29.8 Å². The van der Waals surface area contributed by atoms with Gasteiger partial charge in [-0.3, -0.25) is 4.90 Å². The van der Waals surface area contributed by atoms with Gasteiger partial charge >= 0.3 is 5.97 Å². The maximum atomic E-state index is 13.8. The van der Waals surface area contributed by atoms with E-state index < -0.39 is 11.8 Å². The minimum absolute atomic E-state index is 0.0337. The third-order valence-electron chi connectivity index (χ3n) is 3.05. The number of benzene rings is 1. The monoisotopic (exact) mass is 283 g/mol. The number of nitrogens with zero attached hydrogens (tertiary/aromatic N) is 1. The van der Waals surface area contributed by atoms with E-state index in [-0.39, 0.29) is 5.56 Å². The second-order valence-corrected chi connectivity index (χ2v) is 4.37. The Morgan fingerprint density at radius 3 is 2.65 bits per heavy atom. The Labute approximate surface area is 119 Å². The zero-order chi connectivity index (χ0) is 15.0. The quantitative estimate of drug-likeness (QED) is 0.543. The SMILES string of the molecule is CCOCCN(CC)Cc1ccc(C(=O)OC)c(F)c1. The molecule has 0 fully saturated rings. The predicted octanol–water partition coefficient (Wildman–Crippen LogP) is 2.47. The molecule has 0 aliphatic heterocycles. The molecule has 1 rings (SSSR count). The van der Waals surface area contributed by atoms with Gasteiger partial charge < -0.3 is 9.47 Å². The van der Waals surface area contributed by atoms with Crippen LogP contribution >= 0.6 is 0 Å². The summed E-state index contributed by atoms with van der Waals surface area (Å²) in [7, 11) is 1.24. The summed E-state index contributed by atoms with van der Waals surface area (Å²) in [6, 6.07) is 4.60. The number of carbonyl (C=O) groups is 1. The van der Waals surface area contributed by atoms with Gasteiger partial charge in [-0.2, -0.15) is 0 Å². The lowest BCUT2D eigenvalue weighted by Crippen LogP contribution is -2.27. The summed E-state index contributed by atoms with van der Waals surface area (Å²) < 4.78 is 23.6. The van der Waals surface area contributed by atoms with Gasteiger partial charge in [-0.1, -0.05) is 13.0 Å². The van der Waals surface area contributed by atoms with E-state index in [4.69, 9.17) is 4.74 Å². The minimum Gasteiger partial charge on any atom is -0.465 e. The molecule has 0 spiro atoms. The van der Waals surface area contributed by atoms with Crippen molar-refractivity contribution >= 4 is 5.97 Å². The van der Waals surface area contributed by atoms with E-state index in [1.807, 2.05) is 13.8 Å². The lowest BCUT2D eigenvalue weighted by Gasteiger charge is -2.20. The molecule has 1 aromatic carbocycles. The average molecular weight is 283 g/mol. The molecule has 0 bridgehead atoms. The summed E-state index contributed by atoms with van der Waals surface area (Å²) in [6.07, 6.45) is 0. The van der Waals surface area contributed by atoms with Crippen molar-refractivity contribution in [3.8, 4) is 0 Å². The number of likely N-dealkylation sites (N-methyl/N-ethyl adjacent to an activating group) is 1. The molecule has 0 saturated carbocycles. The first-order valence-corrected chi connectivity index (χ1v) is 6.79. The molecule has 0 saturated heterocycles. The number of hydrogen-bond donors (Lipinski definition) is 0. The topological polar surface area (TPSA) is 38.8 Å². The molecule has 4 nitrogen and oxygen atoms in total. The van der Waals surface area contributed by atoms with Crippen LogP contribution in [0, 0.1) is 5.82 Å². The summed E-state index contributed by atoms with van der Waals surface area (Å²) in [5.74, 6) is -1.20. The summed E-state index contributed by atoms with van der Waals surface area (Å²) >= 11 is 0. The van der Waals surface area contributed by atoms with Crippen molar-refractivity contribution in [2.24, 2.45) is 0 Å². The molecule has 112 valence electrons. The lowest BCUT2D eigenvalue weighted by molar-refractivity contribution is 0.0595. The fraction of sp³-hybridized carbons (Fsp3) is 0.533. The molecule has 5 heteroatoms. The van der Waals surface area contributed by atoms with E-state index in [1.165, 1.54) is 19.2 Å². The van der Waals surface area contributed by atoms with E-state index in [0.29, 0.717) is 19.8 Å². The van der Waals surface area contributed by atoms with E-state index in [9.17, 15) is 9.18 Å². The molecule has 1 aromatic rings. The number of esters is 1. The Hall–Kier alpha value is -1.46. The molecule has 0 unspecified atom stereocenters. The van der Waals surface area contributed by atoms with E-state index in [0.717, 1.165) is 18.7 Å². The maximum absolute atomic E-state index is 13.8. The molecule has 0 atom stereocenters. The summed E-state index contributed by atoms with van der Waals surface area (Å²) in [6.45, 7) is 7.63. The first kappa shape index (κ1) is 16.6. The van der Waals surface area contributed by atoms with Gasteiger partial charge in [0.15, 0.2) is 0 Å². The second kappa shape index (κ2) is 8.66. The van der Waals surface area contributed by atoms with Gasteiger partial charge in [0.25, 0.3) is 0 Å². The number of carbonyl (C=O) groups excluding carboxylic acids is 1. The largest absolute Gasteiger partial charge is 0.465 e. The summed E-state index contributed by atoms with van der Waals surface area (Å²) in [5, 5.41) is 0. The molecular weight excluding hydrogens is 261 g/mol. The zero-order valence-corrected chi connectivity index (χ0v) is 12.3. The lowest BCUT2D eigenvalue weighted by atomic mass is 10.1. The van der Waals surface area contributed by atoms with Crippen LogP contribution in [0.25, 0.3) is 0 Å². The third kappa shape index (κ3) is 4.90. The van der Waals surface area contributed by atoms with Crippen molar-refractivity contribution in [1.82, 2.24) is 4.90 Å². The Bertz CT molecular complexity index is 437. The first-order chi connectivity index (χ1) is 9.62. The van der Waals surface area contributed by atoms with Gasteiger partial charge in [-0.05, 0) is 31.2 Å². The molecule has 20 heavy (non-hydrogen) atoms. The standard InChI is InChI=1S/C15H22FNO3/c1-4-17(8-9-20-5-2)11-12-6-7-13(14(16)10-12)15(18)19-3/h6-7,10H,4-5,8-9,11H2,1-3H3. The van der Waals surface area contributed by atoms with Crippen LogP contribution in [-0.4, -0.2) is 44.3 Å². The minimum atomic E-state index is -0.655. The number of hydrogen-bond acceptors (Lipinski definition) is 4. The second-order valence-electron chi connectivity index (χ2n) is 4.37. The van der Waals surface area contributed by atoms with E-state index in [1.54, 1.807) is 6.07 Å². The first-order valence-electron chi connectivity index (χ1n) is 6.79. The van der Waals surface area contributed by atoms with Gasteiger partial charge in [-0.25, -0.2) is 9.18 Å². The van der Waals surface area contributed by atoms with Crippen molar-refractivity contribution in [3.63, 3.8) is 0 Å². The average Bonchev–Trinajstić information content (AvgIpc) is 2.45. The highest BCUT2D eigenvalue weighted by atomic mass is 19.1. The Morgan fingerprint density at radius 1 is 1.35 bits per heavy atom. The number of ether oxygens (including phenoxy) is 2. The maximum Gasteiger partial charge on any atom is 0.340 e. The summed E-state index contributed by atoms with van der Waals surface area (Å²) in [5.41, 5.74) is 0.794. The van der Waals surface area contributed by atoms with Gasteiger partial charge in [0.2, 0.25) is 0 Å². The fourth-order valence-corrected chi connectivity index (χ4v) is 1.88. The van der Waals surface area contributed by atoms with Crippen LogP contribution < -0.4 is 0 Å². The van der Waals surface area contributed by atoms with Crippen molar-refractivity contribution in [2.45, 2.75) is 20.4 Å².